The second-order valence-electron chi connectivity index (χ2n) is 4.41. The van der Waals surface area contributed by atoms with E-state index in [4.69, 9.17) is 19.9 Å². The molecule has 100 valence electrons. The summed E-state index contributed by atoms with van der Waals surface area (Å²) >= 11 is 0. The third kappa shape index (κ3) is 3.07. The third-order valence-corrected chi connectivity index (χ3v) is 2.97. The minimum Gasteiger partial charge on any atom is -0.493 e. The lowest BCUT2D eigenvalue weighted by Gasteiger charge is -2.12. The van der Waals surface area contributed by atoms with E-state index in [9.17, 15) is 0 Å². The molecule has 18 heavy (non-hydrogen) atoms. The average Bonchev–Trinajstić information content (AvgIpc) is 2.82. The maximum atomic E-state index is 5.83. The van der Waals surface area contributed by atoms with Crippen molar-refractivity contribution in [3.63, 3.8) is 0 Å². The summed E-state index contributed by atoms with van der Waals surface area (Å²) in [5.74, 6) is 2.43. The second kappa shape index (κ2) is 6.50. The van der Waals surface area contributed by atoms with Gasteiger partial charge < -0.3 is 19.9 Å². The van der Waals surface area contributed by atoms with Crippen LogP contribution in [-0.4, -0.2) is 19.9 Å². The summed E-state index contributed by atoms with van der Waals surface area (Å²) in [7, 11) is 0. The molecule has 0 unspecified atom stereocenters. The van der Waals surface area contributed by atoms with Gasteiger partial charge in [-0.3, -0.25) is 0 Å². The van der Waals surface area contributed by atoms with Gasteiger partial charge in [-0.15, -0.1) is 0 Å². The van der Waals surface area contributed by atoms with Crippen molar-refractivity contribution in [3.05, 3.63) is 17.7 Å². The first-order chi connectivity index (χ1) is 8.85. The van der Waals surface area contributed by atoms with Crippen molar-refractivity contribution in [1.82, 2.24) is 0 Å². The highest BCUT2D eigenvalue weighted by Crippen LogP contribution is 2.38. The van der Waals surface area contributed by atoms with E-state index in [1.807, 2.05) is 12.1 Å². The molecule has 0 fully saturated rings. The number of rotatable bonds is 7. The van der Waals surface area contributed by atoms with E-state index in [0.29, 0.717) is 6.54 Å². The quantitative estimate of drug-likeness (QED) is 0.756. The van der Waals surface area contributed by atoms with Gasteiger partial charge in [-0.05, 0) is 31.0 Å². The molecule has 1 aliphatic rings. The molecular weight excluding hydrogens is 230 g/mol. The van der Waals surface area contributed by atoms with Crippen LogP contribution in [0.3, 0.4) is 0 Å². The molecule has 1 aromatic rings. The van der Waals surface area contributed by atoms with Gasteiger partial charge in [0.15, 0.2) is 11.5 Å². The molecule has 0 radical (unpaired) electrons. The number of hydrogen-bond donors (Lipinski definition) is 1. The van der Waals surface area contributed by atoms with Gasteiger partial charge in [-0.2, -0.15) is 0 Å². The average molecular weight is 251 g/mol. The normalized spacial score (nSPS) is 12.8. The molecule has 0 spiro atoms. The Morgan fingerprint density at radius 2 is 2.00 bits per heavy atom. The van der Waals surface area contributed by atoms with Gasteiger partial charge >= 0.3 is 0 Å². The maximum absolute atomic E-state index is 5.83. The number of benzene rings is 1. The van der Waals surface area contributed by atoms with Crippen LogP contribution in [-0.2, 0) is 6.42 Å². The van der Waals surface area contributed by atoms with Crippen molar-refractivity contribution >= 4 is 0 Å². The Labute approximate surface area is 108 Å². The van der Waals surface area contributed by atoms with Gasteiger partial charge in [0.25, 0.3) is 0 Å². The summed E-state index contributed by atoms with van der Waals surface area (Å²) in [6.45, 7) is 3.81. The van der Waals surface area contributed by atoms with Crippen LogP contribution >= 0.6 is 0 Å². The predicted molar refractivity (Wildman–Crippen MR) is 70.3 cm³/mol. The molecule has 1 aromatic carbocycles. The summed E-state index contributed by atoms with van der Waals surface area (Å²) in [5, 5.41) is 0. The van der Waals surface area contributed by atoms with Crippen LogP contribution in [0.2, 0.25) is 0 Å². The standard InChI is InChI=1S/C14H21NO3/c1-2-3-4-7-16-12-9-14-13(17-10-18-14)8-11(12)5-6-15/h8-9H,2-7,10,15H2,1H3. The molecule has 2 N–H and O–H groups in total. The minimum atomic E-state index is 0.288. The van der Waals surface area contributed by atoms with E-state index < -0.39 is 0 Å². The summed E-state index contributed by atoms with van der Waals surface area (Å²) in [6.07, 6.45) is 4.25. The van der Waals surface area contributed by atoms with Gasteiger partial charge in [0.1, 0.15) is 5.75 Å². The van der Waals surface area contributed by atoms with Crippen LogP contribution in [0.15, 0.2) is 12.1 Å². The zero-order valence-corrected chi connectivity index (χ0v) is 10.9. The minimum absolute atomic E-state index is 0.288. The van der Waals surface area contributed by atoms with Crippen LogP contribution in [0.1, 0.15) is 31.7 Å². The fourth-order valence-corrected chi connectivity index (χ4v) is 1.98. The smallest absolute Gasteiger partial charge is 0.231 e. The fraction of sp³-hybridized carbons (Fsp3) is 0.571. The van der Waals surface area contributed by atoms with Crippen molar-refractivity contribution in [2.24, 2.45) is 5.73 Å². The maximum Gasteiger partial charge on any atom is 0.231 e. The first-order valence-electron chi connectivity index (χ1n) is 6.60. The van der Waals surface area contributed by atoms with Gasteiger partial charge in [-0.25, -0.2) is 0 Å². The van der Waals surface area contributed by atoms with E-state index >= 15 is 0 Å². The van der Waals surface area contributed by atoms with E-state index in [0.717, 1.165) is 42.3 Å². The highest BCUT2D eigenvalue weighted by Gasteiger charge is 2.17. The lowest BCUT2D eigenvalue weighted by atomic mass is 10.1. The number of fused-ring (bicyclic) bond motifs is 1. The molecule has 0 aliphatic carbocycles. The molecule has 4 nitrogen and oxygen atoms in total. The molecular formula is C14H21NO3. The molecule has 0 atom stereocenters. The zero-order valence-electron chi connectivity index (χ0n) is 10.9. The number of ether oxygens (including phenoxy) is 3. The zero-order chi connectivity index (χ0) is 12.8. The second-order valence-corrected chi connectivity index (χ2v) is 4.41. The van der Waals surface area contributed by atoms with E-state index in [1.165, 1.54) is 12.8 Å². The molecule has 0 amide bonds. The molecule has 1 aliphatic heterocycles. The fourth-order valence-electron chi connectivity index (χ4n) is 1.98. The summed E-state index contributed by atoms with van der Waals surface area (Å²) < 4.78 is 16.6. The largest absolute Gasteiger partial charge is 0.493 e. The monoisotopic (exact) mass is 251 g/mol. The number of hydrogen-bond acceptors (Lipinski definition) is 4. The lowest BCUT2D eigenvalue weighted by molar-refractivity contribution is 0.173. The third-order valence-electron chi connectivity index (χ3n) is 2.97. The Hall–Kier alpha value is -1.42. The Morgan fingerprint density at radius 1 is 1.22 bits per heavy atom. The van der Waals surface area contributed by atoms with E-state index in [2.05, 4.69) is 6.92 Å². The van der Waals surface area contributed by atoms with Gasteiger partial charge in [0.05, 0.1) is 6.61 Å². The van der Waals surface area contributed by atoms with Gasteiger partial charge in [0.2, 0.25) is 6.79 Å². The highest BCUT2D eigenvalue weighted by molar-refractivity contribution is 5.51. The molecule has 1 heterocycles. The van der Waals surface area contributed by atoms with Gasteiger partial charge in [-0.1, -0.05) is 19.8 Å². The van der Waals surface area contributed by atoms with Crippen molar-refractivity contribution < 1.29 is 14.2 Å². The molecule has 4 heteroatoms. The van der Waals surface area contributed by atoms with Crippen LogP contribution in [0, 0.1) is 0 Å². The molecule has 0 aromatic heterocycles. The predicted octanol–water partition coefficient (Wildman–Crippen LogP) is 2.49. The summed E-state index contributed by atoms with van der Waals surface area (Å²) in [4.78, 5) is 0. The Kier molecular flexibility index (Phi) is 4.70. The Bertz CT molecular complexity index is 393. The topological polar surface area (TPSA) is 53.7 Å². The van der Waals surface area contributed by atoms with Crippen LogP contribution < -0.4 is 19.9 Å². The first-order valence-corrected chi connectivity index (χ1v) is 6.60. The summed E-state index contributed by atoms with van der Waals surface area (Å²) in [5.41, 5.74) is 6.72. The summed E-state index contributed by atoms with van der Waals surface area (Å²) in [6, 6.07) is 3.89. The van der Waals surface area contributed by atoms with E-state index in [1.54, 1.807) is 0 Å². The van der Waals surface area contributed by atoms with Crippen molar-refractivity contribution in [1.29, 1.82) is 0 Å². The molecule has 0 saturated heterocycles. The van der Waals surface area contributed by atoms with Crippen LogP contribution in [0.4, 0.5) is 0 Å². The lowest BCUT2D eigenvalue weighted by Crippen LogP contribution is -2.06. The molecule has 0 bridgehead atoms. The highest BCUT2D eigenvalue weighted by atomic mass is 16.7. The molecule has 0 saturated carbocycles. The van der Waals surface area contributed by atoms with Gasteiger partial charge in [0, 0.05) is 6.07 Å². The SMILES string of the molecule is CCCCCOc1cc2c(cc1CCN)OCO2. The van der Waals surface area contributed by atoms with Crippen molar-refractivity contribution in [2.45, 2.75) is 32.6 Å². The molecule has 2 rings (SSSR count). The first kappa shape index (κ1) is 13.0. The van der Waals surface area contributed by atoms with Crippen LogP contribution in [0.5, 0.6) is 17.2 Å². The number of nitrogens with two attached hydrogens (primary N) is 1. The number of unbranched alkanes of at least 4 members (excludes halogenated alkanes) is 2. The Balaban J connectivity index is 2.06. The van der Waals surface area contributed by atoms with E-state index in [-0.39, 0.29) is 6.79 Å². The Morgan fingerprint density at radius 3 is 2.72 bits per heavy atom. The van der Waals surface area contributed by atoms with Crippen LogP contribution in [0.25, 0.3) is 0 Å². The van der Waals surface area contributed by atoms with Crippen molar-refractivity contribution in [3.8, 4) is 17.2 Å². The van der Waals surface area contributed by atoms with Crippen molar-refractivity contribution in [2.75, 3.05) is 19.9 Å².